The highest BCUT2D eigenvalue weighted by atomic mass is 16.2. The van der Waals surface area contributed by atoms with Gasteiger partial charge in [0.2, 0.25) is 11.8 Å². The first-order valence-corrected chi connectivity index (χ1v) is 7.58. The van der Waals surface area contributed by atoms with Gasteiger partial charge in [0.25, 0.3) is 0 Å². The Kier molecular flexibility index (Phi) is 4.21. The van der Waals surface area contributed by atoms with E-state index in [-0.39, 0.29) is 35.0 Å². The van der Waals surface area contributed by atoms with Crippen LogP contribution in [0, 0.1) is 23.2 Å². The average molecular weight is 278 g/mol. The van der Waals surface area contributed by atoms with E-state index in [1.54, 1.807) is 0 Å². The number of amides is 2. The van der Waals surface area contributed by atoms with E-state index in [1.165, 1.54) is 5.57 Å². The number of allylic oxidation sites excluding steroid dienone is 2. The van der Waals surface area contributed by atoms with Crippen molar-refractivity contribution in [3.63, 3.8) is 0 Å². The summed E-state index contributed by atoms with van der Waals surface area (Å²) in [6, 6.07) is 0. The van der Waals surface area contributed by atoms with Crippen molar-refractivity contribution in [3.05, 3.63) is 11.6 Å². The van der Waals surface area contributed by atoms with Gasteiger partial charge in [0.1, 0.15) is 0 Å². The molecule has 2 saturated carbocycles. The van der Waals surface area contributed by atoms with Crippen LogP contribution in [0.3, 0.4) is 0 Å². The standard InChI is InChI=1S/C16H26N2O2/c1-10(2)9-12-13(16(12,3)4)15(20)18-17-14(19)11-7-5-6-8-11/h9,11-13H,5-8H2,1-4H3,(H,17,19)(H,18,20)/t12-,13-/m0/s1. The van der Waals surface area contributed by atoms with Crippen molar-refractivity contribution in [3.8, 4) is 0 Å². The van der Waals surface area contributed by atoms with Crippen LogP contribution >= 0.6 is 0 Å². The van der Waals surface area contributed by atoms with E-state index >= 15 is 0 Å². The van der Waals surface area contributed by atoms with Crippen molar-refractivity contribution in [1.82, 2.24) is 10.9 Å². The highest BCUT2D eigenvalue weighted by molar-refractivity contribution is 5.87. The summed E-state index contributed by atoms with van der Waals surface area (Å²) in [5, 5.41) is 0. The molecule has 0 aromatic heterocycles. The first-order valence-electron chi connectivity index (χ1n) is 7.58. The van der Waals surface area contributed by atoms with Crippen LogP contribution in [0.2, 0.25) is 0 Å². The molecular weight excluding hydrogens is 252 g/mol. The molecule has 2 atom stereocenters. The molecule has 0 unspecified atom stereocenters. The molecule has 4 nitrogen and oxygen atoms in total. The van der Waals surface area contributed by atoms with Crippen LogP contribution in [-0.2, 0) is 9.59 Å². The Balaban J connectivity index is 1.83. The molecule has 2 rings (SSSR count). The zero-order valence-electron chi connectivity index (χ0n) is 13.0. The fourth-order valence-corrected chi connectivity index (χ4v) is 3.34. The molecule has 0 aromatic rings. The van der Waals surface area contributed by atoms with Crippen LogP contribution in [0.1, 0.15) is 53.4 Å². The van der Waals surface area contributed by atoms with Crippen LogP contribution in [0.15, 0.2) is 11.6 Å². The Labute approximate surface area is 121 Å². The van der Waals surface area contributed by atoms with Gasteiger partial charge < -0.3 is 0 Å². The second-order valence-electron chi connectivity index (χ2n) is 7.03. The maximum atomic E-state index is 12.2. The molecule has 2 amide bonds. The van der Waals surface area contributed by atoms with Gasteiger partial charge in [-0.15, -0.1) is 0 Å². The van der Waals surface area contributed by atoms with E-state index in [9.17, 15) is 9.59 Å². The molecule has 2 aliphatic rings. The summed E-state index contributed by atoms with van der Waals surface area (Å²) >= 11 is 0. The zero-order valence-corrected chi connectivity index (χ0v) is 13.0. The van der Waals surface area contributed by atoms with E-state index in [4.69, 9.17) is 0 Å². The van der Waals surface area contributed by atoms with Crippen molar-refractivity contribution in [1.29, 1.82) is 0 Å². The molecule has 2 aliphatic carbocycles. The lowest BCUT2D eigenvalue weighted by Crippen LogP contribution is -2.45. The van der Waals surface area contributed by atoms with E-state index in [2.05, 4.69) is 30.8 Å². The summed E-state index contributed by atoms with van der Waals surface area (Å²) < 4.78 is 0. The fraction of sp³-hybridized carbons (Fsp3) is 0.750. The largest absolute Gasteiger partial charge is 0.273 e. The van der Waals surface area contributed by atoms with Gasteiger partial charge in [-0.25, -0.2) is 0 Å². The smallest absolute Gasteiger partial charge is 0.242 e. The maximum absolute atomic E-state index is 12.2. The lowest BCUT2D eigenvalue weighted by atomic mass is 10.1. The molecule has 0 radical (unpaired) electrons. The van der Waals surface area contributed by atoms with Gasteiger partial charge >= 0.3 is 0 Å². The van der Waals surface area contributed by atoms with Gasteiger partial charge in [-0.2, -0.15) is 0 Å². The van der Waals surface area contributed by atoms with Gasteiger partial charge in [-0.3, -0.25) is 20.4 Å². The highest BCUT2D eigenvalue weighted by Gasteiger charge is 2.60. The molecule has 0 aliphatic heterocycles. The van der Waals surface area contributed by atoms with Gasteiger partial charge in [-0.1, -0.05) is 38.3 Å². The van der Waals surface area contributed by atoms with Crippen LogP contribution in [-0.4, -0.2) is 11.8 Å². The van der Waals surface area contributed by atoms with Crippen LogP contribution in [0.4, 0.5) is 0 Å². The Morgan fingerprint density at radius 2 is 1.60 bits per heavy atom. The van der Waals surface area contributed by atoms with E-state index in [1.807, 2.05) is 13.8 Å². The van der Waals surface area contributed by atoms with Crippen molar-refractivity contribution in [2.24, 2.45) is 23.2 Å². The number of carbonyl (C=O) groups is 2. The fourth-order valence-electron chi connectivity index (χ4n) is 3.34. The number of hydrogen-bond acceptors (Lipinski definition) is 2. The third-order valence-electron chi connectivity index (χ3n) is 4.74. The van der Waals surface area contributed by atoms with Crippen LogP contribution in [0.5, 0.6) is 0 Å². The SMILES string of the molecule is CC(C)=C[C@H]1[C@@H](C(=O)NNC(=O)C2CCCC2)C1(C)C. The predicted octanol–water partition coefficient (Wildman–Crippen LogP) is 2.56. The average Bonchev–Trinajstić information content (AvgIpc) is 2.79. The molecule has 0 heterocycles. The highest BCUT2D eigenvalue weighted by Crippen LogP contribution is 2.59. The minimum atomic E-state index is -0.0659. The van der Waals surface area contributed by atoms with Crippen LogP contribution in [0.25, 0.3) is 0 Å². The minimum Gasteiger partial charge on any atom is -0.273 e. The van der Waals surface area contributed by atoms with Gasteiger partial charge in [-0.05, 0) is 38.0 Å². The van der Waals surface area contributed by atoms with Crippen LogP contribution < -0.4 is 10.9 Å². The van der Waals surface area contributed by atoms with Gasteiger partial charge in [0.05, 0.1) is 5.92 Å². The molecule has 20 heavy (non-hydrogen) atoms. The summed E-state index contributed by atoms with van der Waals surface area (Å²) in [7, 11) is 0. The number of hydrazine groups is 1. The molecule has 0 aromatic carbocycles. The quantitative estimate of drug-likeness (QED) is 0.616. The Morgan fingerprint density at radius 1 is 1.05 bits per heavy atom. The van der Waals surface area contributed by atoms with Crippen molar-refractivity contribution >= 4 is 11.8 Å². The monoisotopic (exact) mass is 278 g/mol. The maximum Gasteiger partial charge on any atom is 0.242 e. The van der Waals surface area contributed by atoms with Crippen molar-refractivity contribution in [2.45, 2.75) is 53.4 Å². The molecule has 0 bridgehead atoms. The normalized spacial score (nSPS) is 27.8. The first-order chi connectivity index (χ1) is 9.34. The molecule has 0 saturated heterocycles. The number of rotatable bonds is 3. The van der Waals surface area contributed by atoms with Gasteiger partial charge in [0.15, 0.2) is 0 Å². The molecule has 4 heteroatoms. The Morgan fingerprint density at radius 3 is 2.15 bits per heavy atom. The Hall–Kier alpha value is -1.32. The number of hydrogen-bond donors (Lipinski definition) is 2. The molecule has 2 N–H and O–H groups in total. The number of carbonyl (C=O) groups excluding carboxylic acids is 2. The summed E-state index contributed by atoms with van der Waals surface area (Å²) in [4.78, 5) is 24.1. The van der Waals surface area contributed by atoms with Crippen molar-refractivity contribution < 1.29 is 9.59 Å². The summed E-state index contributed by atoms with van der Waals surface area (Å²) in [6.45, 7) is 8.29. The molecule has 2 fully saturated rings. The summed E-state index contributed by atoms with van der Waals surface area (Å²) in [5.41, 5.74) is 6.43. The topological polar surface area (TPSA) is 58.2 Å². The zero-order chi connectivity index (χ0) is 14.9. The summed E-state index contributed by atoms with van der Waals surface area (Å²) in [5.74, 6) is 0.213. The molecule has 112 valence electrons. The molecular formula is C16H26N2O2. The first kappa shape index (κ1) is 15.1. The summed E-state index contributed by atoms with van der Waals surface area (Å²) in [6.07, 6.45) is 6.27. The number of nitrogens with one attached hydrogen (secondary N) is 2. The van der Waals surface area contributed by atoms with E-state index in [0.29, 0.717) is 0 Å². The van der Waals surface area contributed by atoms with E-state index in [0.717, 1.165) is 25.7 Å². The third-order valence-corrected chi connectivity index (χ3v) is 4.74. The molecule has 0 spiro atoms. The predicted molar refractivity (Wildman–Crippen MR) is 78.4 cm³/mol. The Bertz CT molecular complexity index is 430. The lowest BCUT2D eigenvalue weighted by molar-refractivity contribution is -0.132. The third kappa shape index (κ3) is 3.05. The van der Waals surface area contributed by atoms with Crippen molar-refractivity contribution in [2.75, 3.05) is 0 Å². The van der Waals surface area contributed by atoms with Gasteiger partial charge in [0, 0.05) is 5.92 Å². The lowest BCUT2D eigenvalue weighted by Gasteiger charge is -2.11. The van der Waals surface area contributed by atoms with E-state index < -0.39 is 0 Å². The second-order valence-corrected chi connectivity index (χ2v) is 7.03. The minimum absolute atomic E-state index is 0.0144. The second kappa shape index (κ2) is 5.58.